The number of rotatable bonds is 5. The second-order valence-corrected chi connectivity index (χ2v) is 5.01. The molecule has 0 aliphatic rings. The molecular formula is C16H17N3OS. The van der Waals surface area contributed by atoms with Gasteiger partial charge in [0.15, 0.2) is 0 Å². The van der Waals surface area contributed by atoms with Crippen LogP contribution >= 0.6 is 12.2 Å². The maximum atomic E-state index is 12.9. The average Bonchev–Trinajstić information content (AvgIpc) is 2.50. The molecule has 1 aromatic carbocycles. The summed E-state index contributed by atoms with van der Waals surface area (Å²) >= 11 is 5.11. The van der Waals surface area contributed by atoms with Gasteiger partial charge in [-0.15, -0.1) is 0 Å². The van der Waals surface area contributed by atoms with Crippen LogP contribution in [-0.2, 0) is 4.79 Å². The lowest BCUT2D eigenvalue weighted by atomic mass is 9.97. The molecule has 1 aromatic heterocycles. The van der Waals surface area contributed by atoms with Gasteiger partial charge in [0, 0.05) is 24.6 Å². The molecule has 108 valence electrons. The fourth-order valence-electron chi connectivity index (χ4n) is 2.22. The van der Waals surface area contributed by atoms with Crippen LogP contribution in [0.2, 0.25) is 0 Å². The first-order valence-electron chi connectivity index (χ1n) is 6.70. The number of nitrogens with two attached hydrogens (primary N) is 1. The topological polar surface area (TPSA) is 59.2 Å². The van der Waals surface area contributed by atoms with Gasteiger partial charge in [-0.1, -0.05) is 42.5 Å². The number of hydrogen-bond acceptors (Lipinski definition) is 3. The molecular weight excluding hydrogens is 282 g/mol. The summed E-state index contributed by atoms with van der Waals surface area (Å²) in [5, 5.41) is 0. The van der Waals surface area contributed by atoms with E-state index < -0.39 is 5.92 Å². The van der Waals surface area contributed by atoms with Gasteiger partial charge in [-0.2, -0.15) is 0 Å². The molecule has 0 fully saturated rings. The normalized spacial score (nSPS) is 11.7. The van der Waals surface area contributed by atoms with Crippen molar-refractivity contribution < 1.29 is 4.79 Å². The summed E-state index contributed by atoms with van der Waals surface area (Å²) in [6.07, 6.45) is 3.31. The number of benzene rings is 1. The number of likely N-dealkylation sites (N-methyl/N-ethyl adjacent to an activating group) is 1. The number of hydrogen-bond donors (Lipinski definition) is 1. The third-order valence-corrected chi connectivity index (χ3v) is 3.46. The second kappa shape index (κ2) is 6.95. The largest absolute Gasteiger partial charge is 0.392 e. The van der Waals surface area contributed by atoms with Crippen molar-refractivity contribution in [1.82, 2.24) is 4.98 Å². The van der Waals surface area contributed by atoms with Crippen LogP contribution in [0, 0.1) is 0 Å². The summed E-state index contributed by atoms with van der Waals surface area (Å²) in [4.78, 5) is 18.7. The van der Waals surface area contributed by atoms with Crippen LogP contribution in [0.4, 0.5) is 5.69 Å². The lowest BCUT2D eigenvalue weighted by Crippen LogP contribution is -2.40. The smallest absolute Gasteiger partial charge is 0.241 e. The summed E-state index contributed by atoms with van der Waals surface area (Å²) in [7, 11) is 0. The first kappa shape index (κ1) is 15.1. The number of nitrogens with zero attached hydrogens (tertiary/aromatic N) is 2. The van der Waals surface area contributed by atoms with E-state index in [1.807, 2.05) is 37.3 Å². The minimum Gasteiger partial charge on any atom is -0.392 e. The quantitative estimate of drug-likeness (QED) is 0.862. The average molecular weight is 299 g/mol. The third kappa shape index (κ3) is 3.44. The maximum Gasteiger partial charge on any atom is 0.241 e. The summed E-state index contributed by atoms with van der Waals surface area (Å²) in [6.45, 7) is 2.45. The second-order valence-electron chi connectivity index (χ2n) is 4.53. The fraction of sp³-hybridized carbons (Fsp3) is 0.188. The van der Waals surface area contributed by atoms with E-state index in [2.05, 4.69) is 4.98 Å². The van der Waals surface area contributed by atoms with E-state index in [0.29, 0.717) is 6.54 Å². The Morgan fingerprint density at radius 3 is 2.38 bits per heavy atom. The van der Waals surface area contributed by atoms with Crippen molar-refractivity contribution in [1.29, 1.82) is 0 Å². The predicted octanol–water partition coefficient (Wildman–Crippen LogP) is 2.50. The van der Waals surface area contributed by atoms with Gasteiger partial charge in [0.25, 0.3) is 0 Å². The standard InChI is InChI=1S/C16H17N3OS/c1-2-19(13-8-10-18-11-9-13)16(20)14(15(17)21)12-6-4-3-5-7-12/h3-11,14H,2H2,1H3,(H2,17,21). The number of pyridine rings is 1. The molecule has 2 rings (SSSR count). The molecule has 0 aliphatic heterocycles. The lowest BCUT2D eigenvalue weighted by molar-refractivity contribution is -0.118. The van der Waals surface area contributed by atoms with Gasteiger partial charge in [0.05, 0.1) is 4.99 Å². The van der Waals surface area contributed by atoms with Gasteiger partial charge in [-0.3, -0.25) is 9.78 Å². The van der Waals surface area contributed by atoms with Crippen LogP contribution in [0.25, 0.3) is 0 Å². The van der Waals surface area contributed by atoms with Gasteiger partial charge in [-0.05, 0) is 24.6 Å². The Morgan fingerprint density at radius 2 is 1.86 bits per heavy atom. The van der Waals surface area contributed by atoms with E-state index >= 15 is 0 Å². The molecule has 5 heteroatoms. The van der Waals surface area contributed by atoms with Crippen LogP contribution in [0.5, 0.6) is 0 Å². The van der Waals surface area contributed by atoms with Crippen molar-refractivity contribution in [3.63, 3.8) is 0 Å². The van der Waals surface area contributed by atoms with Crippen LogP contribution < -0.4 is 10.6 Å². The van der Waals surface area contributed by atoms with Gasteiger partial charge in [0.1, 0.15) is 5.92 Å². The molecule has 1 atom stereocenters. The minimum atomic E-state index is -0.616. The highest BCUT2D eigenvalue weighted by Gasteiger charge is 2.28. The highest BCUT2D eigenvalue weighted by Crippen LogP contribution is 2.23. The van der Waals surface area contributed by atoms with E-state index in [4.69, 9.17) is 18.0 Å². The third-order valence-electron chi connectivity index (χ3n) is 3.22. The van der Waals surface area contributed by atoms with E-state index in [1.54, 1.807) is 29.4 Å². The molecule has 0 spiro atoms. The molecule has 0 saturated heterocycles. The molecule has 1 heterocycles. The van der Waals surface area contributed by atoms with Crippen LogP contribution in [-0.4, -0.2) is 22.4 Å². The van der Waals surface area contributed by atoms with Crippen LogP contribution in [0.3, 0.4) is 0 Å². The summed E-state index contributed by atoms with van der Waals surface area (Å²) < 4.78 is 0. The molecule has 21 heavy (non-hydrogen) atoms. The van der Waals surface area contributed by atoms with Crippen molar-refractivity contribution in [2.75, 3.05) is 11.4 Å². The van der Waals surface area contributed by atoms with E-state index in [1.165, 1.54) is 0 Å². The van der Waals surface area contributed by atoms with Gasteiger partial charge >= 0.3 is 0 Å². The molecule has 0 radical (unpaired) electrons. The molecule has 1 unspecified atom stereocenters. The van der Waals surface area contributed by atoms with Gasteiger partial charge in [0.2, 0.25) is 5.91 Å². The Labute approximate surface area is 129 Å². The zero-order chi connectivity index (χ0) is 15.2. The number of carbonyl (C=O) groups excluding carboxylic acids is 1. The van der Waals surface area contributed by atoms with Crippen molar-refractivity contribution >= 4 is 28.8 Å². The Hall–Kier alpha value is -2.27. The number of anilines is 1. The zero-order valence-electron chi connectivity index (χ0n) is 11.8. The minimum absolute atomic E-state index is 0.123. The highest BCUT2D eigenvalue weighted by molar-refractivity contribution is 7.80. The summed E-state index contributed by atoms with van der Waals surface area (Å²) in [6, 6.07) is 13.0. The zero-order valence-corrected chi connectivity index (χ0v) is 12.6. The molecule has 2 aromatic rings. The number of thiocarbonyl (C=S) groups is 1. The van der Waals surface area contributed by atoms with Crippen molar-refractivity contribution in [3.8, 4) is 0 Å². The van der Waals surface area contributed by atoms with E-state index in [-0.39, 0.29) is 10.9 Å². The Balaban J connectivity index is 2.36. The maximum absolute atomic E-state index is 12.9. The first-order chi connectivity index (χ1) is 10.1. The molecule has 1 amide bonds. The van der Waals surface area contributed by atoms with Crippen molar-refractivity contribution in [3.05, 3.63) is 60.4 Å². The molecule has 0 saturated carbocycles. The monoisotopic (exact) mass is 299 g/mol. The number of carbonyl (C=O) groups is 1. The Kier molecular flexibility index (Phi) is 5.00. The Morgan fingerprint density at radius 1 is 1.24 bits per heavy atom. The number of amides is 1. The SMILES string of the molecule is CCN(C(=O)C(C(N)=S)c1ccccc1)c1ccncc1. The van der Waals surface area contributed by atoms with Gasteiger partial charge < -0.3 is 10.6 Å². The fourth-order valence-corrected chi connectivity index (χ4v) is 2.46. The molecule has 0 aliphatic carbocycles. The van der Waals surface area contributed by atoms with Crippen LogP contribution in [0.15, 0.2) is 54.9 Å². The van der Waals surface area contributed by atoms with E-state index in [0.717, 1.165) is 11.3 Å². The molecule has 0 bridgehead atoms. The van der Waals surface area contributed by atoms with Crippen molar-refractivity contribution in [2.45, 2.75) is 12.8 Å². The highest BCUT2D eigenvalue weighted by atomic mass is 32.1. The number of aromatic nitrogens is 1. The van der Waals surface area contributed by atoms with E-state index in [9.17, 15) is 4.79 Å². The summed E-state index contributed by atoms with van der Waals surface area (Å²) in [5.74, 6) is -0.739. The van der Waals surface area contributed by atoms with Crippen molar-refractivity contribution in [2.24, 2.45) is 5.73 Å². The molecule has 4 nitrogen and oxygen atoms in total. The van der Waals surface area contributed by atoms with Gasteiger partial charge in [-0.25, -0.2) is 0 Å². The Bertz CT molecular complexity index is 616. The van der Waals surface area contributed by atoms with Crippen LogP contribution in [0.1, 0.15) is 18.4 Å². The lowest BCUT2D eigenvalue weighted by Gasteiger charge is -2.26. The summed E-state index contributed by atoms with van der Waals surface area (Å²) in [5.41, 5.74) is 7.41. The molecule has 2 N–H and O–H groups in total. The first-order valence-corrected chi connectivity index (χ1v) is 7.11. The predicted molar refractivity (Wildman–Crippen MR) is 88.2 cm³/mol.